The van der Waals surface area contributed by atoms with Crippen LogP contribution in [0.2, 0.25) is 0 Å². The van der Waals surface area contributed by atoms with Crippen molar-refractivity contribution in [1.82, 2.24) is 5.32 Å². The Balaban J connectivity index is 2.66. The third kappa shape index (κ3) is 5.46. The van der Waals surface area contributed by atoms with E-state index in [4.69, 9.17) is 9.26 Å². The monoisotopic (exact) mass is 297 g/mol. The van der Waals surface area contributed by atoms with Gasteiger partial charge in [-0.3, -0.25) is 9.05 Å². The van der Waals surface area contributed by atoms with Crippen LogP contribution in [0.3, 0.4) is 0 Å². The van der Waals surface area contributed by atoms with Crippen LogP contribution in [-0.2, 0) is 18.3 Å². The maximum absolute atomic E-state index is 11.6. The molecule has 3 N–H and O–H groups in total. The number of nitrogens with one attached hydrogen (secondary N) is 1. The van der Waals surface area contributed by atoms with E-state index in [0.717, 1.165) is 0 Å². The average Bonchev–Trinajstić information content (AvgIpc) is 2.17. The number of amides is 1. The first-order valence-electron chi connectivity index (χ1n) is 5.83. The lowest BCUT2D eigenvalue weighted by Crippen LogP contribution is -2.54. The second-order valence-corrected chi connectivity index (χ2v) is 6.73. The normalized spacial score (nSPS) is 33.6. The average molecular weight is 297 g/mol. The van der Waals surface area contributed by atoms with Gasteiger partial charge in [0.1, 0.15) is 11.7 Å². The minimum Gasteiger partial charge on any atom is -0.444 e. The lowest BCUT2D eigenvalue weighted by atomic mass is 10.1. The largest absolute Gasteiger partial charge is 0.472 e. The van der Waals surface area contributed by atoms with Gasteiger partial charge in [0.15, 0.2) is 0 Å². The van der Waals surface area contributed by atoms with Crippen molar-refractivity contribution in [2.45, 2.75) is 51.5 Å². The zero-order valence-electron chi connectivity index (χ0n) is 11.3. The Bertz CT molecular complexity index is 379. The van der Waals surface area contributed by atoms with Gasteiger partial charge in [0.25, 0.3) is 0 Å². The summed E-state index contributed by atoms with van der Waals surface area (Å²) in [6.07, 6.45) is -2.81. The van der Waals surface area contributed by atoms with Crippen LogP contribution in [0.15, 0.2) is 0 Å². The predicted molar refractivity (Wildman–Crippen MR) is 65.5 cm³/mol. The fourth-order valence-electron chi connectivity index (χ4n) is 1.53. The molecule has 0 aromatic heterocycles. The topological polar surface area (TPSA) is 114 Å². The summed E-state index contributed by atoms with van der Waals surface area (Å²) in [5.41, 5.74) is -0.674. The molecule has 1 amide bonds. The van der Waals surface area contributed by atoms with Crippen LogP contribution in [0.1, 0.15) is 27.7 Å². The molecule has 8 nitrogen and oxygen atoms in total. The summed E-state index contributed by atoms with van der Waals surface area (Å²) in [4.78, 5) is 20.8. The Morgan fingerprint density at radius 2 is 2.11 bits per heavy atom. The Morgan fingerprint density at radius 1 is 1.53 bits per heavy atom. The molecule has 1 unspecified atom stereocenters. The smallest absolute Gasteiger partial charge is 0.444 e. The number of ether oxygens (including phenoxy) is 1. The minimum atomic E-state index is -4.17. The summed E-state index contributed by atoms with van der Waals surface area (Å²) in [5.74, 6) is 0. The van der Waals surface area contributed by atoms with Gasteiger partial charge in [-0.15, -0.1) is 0 Å². The zero-order valence-corrected chi connectivity index (χ0v) is 12.2. The number of rotatable bonds is 2. The van der Waals surface area contributed by atoms with Gasteiger partial charge < -0.3 is 20.1 Å². The van der Waals surface area contributed by atoms with Crippen LogP contribution in [-0.4, -0.2) is 46.6 Å². The van der Waals surface area contributed by atoms with Crippen molar-refractivity contribution >= 4 is 13.9 Å². The Labute approximate surface area is 111 Å². The van der Waals surface area contributed by atoms with Gasteiger partial charge in [-0.1, -0.05) is 0 Å². The number of phosphoric ester groups is 1. The Kier molecular flexibility index (Phi) is 4.97. The Morgan fingerprint density at radius 3 is 2.58 bits per heavy atom. The molecular weight excluding hydrogens is 277 g/mol. The molecule has 0 aromatic rings. The zero-order chi connectivity index (χ0) is 14.8. The van der Waals surface area contributed by atoms with E-state index in [1.54, 1.807) is 20.8 Å². The molecule has 0 radical (unpaired) electrons. The van der Waals surface area contributed by atoms with E-state index in [1.165, 1.54) is 6.92 Å². The van der Waals surface area contributed by atoms with Crippen LogP contribution in [0.25, 0.3) is 0 Å². The van der Waals surface area contributed by atoms with Gasteiger partial charge in [0.05, 0.1) is 18.8 Å². The van der Waals surface area contributed by atoms with E-state index in [2.05, 4.69) is 9.84 Å². The molecule has 1 saturated heterocycles. The van der Waals surface area contributed by atoms with Crippen LogP contribution >= 0.6 is 7.82 Å². The number of aliphatic hydroxyl groups excluding tert-OH is 1. The molecule has 0 bridgehead atoms. The van der Waals surface area contributed by atoms with Crippen LogP contribution in [0, 0.1) is 0 Å². The standard InChI is InChI=1S/C10H20NO7P/c1-6(12)8-7(5-16-19(14,15)18-8)11-9(13)17-10(2,3)4/h6-8,12H,5H2,1-4H3,(H,11,13)(H,14,15)/t6-,7+,8-/m1/s1. The molecule has 0 aromatic carbocycles. The highest BCUT2D eigenvalue weighted by Gasteiger charge is 2.42. The molecule has 9 heteroatoms. The summed E-state index contributed by atoms with van der Waals surface area (Å²) in [5, 5.41) is 12.0. The highest BCUT2D eigenvalue weighted by atomic mass is 31.2. The second kappa shape index (κ2) is 5.76. The summed E-state index contributed by atoms with van der Waals surface area (Å²) < 4.78 is 25.7. The number of alkyl carbamates (subject to hydrolysis) is 1. The number of carbonyl (C=O) groups is 1. The number of hydrogen-bond donors (Lipinski definition) is 3. The molecule has 112 valence electrons. The van der Waals surface area contributed by atoms with Crippen molar-refractivity contribution in [3.05, 3.63) is 0 Å². The first kappa shape index (κ1) is 16.4. The summed E-state index contributed by atoms with van der Waals surface area (Å²) in [7, 11) is -4.17. The third-order valence-corrected chi connectivity index (χ3v) is 3.23. The number of carbonyl (C=O) groups excluding carboxylic acids is 1. The van der Waals surface area contributed by atoms with Gasteiger partial charge in [-0.05, 0) is 27.7 Å². The van der Waals surface area contributed by atoms with Gasteiger partial charge in [0, 0.05) is 0 Å². The lowest BCUT2D eigenvalue weighted by Gasteiger charge is -2.35. The maximum atomic E-state index is 11.6. The first-order valence-corrected chi connectivity index (χ1v) is 7.33. The molecule has 1 heterocycles. The minimum absolute atomic E-state index is 0.247. The van der Waals surface area contributed by atoms with Crippen molar-refractivity contribution < 1.29 is 33.1 Å². The van der Waals surface area contributed by atoms with Gasteiger partial charge in [-0.25, -0.2) is 9.36 Å². The maximum Gasteiger partial charge on any atom is 0.472 e. The van der Waals surface area contributed by atoms with E-state index < -0.39 is 37.8 Å². The summed E-state index contributed by atoms with van der Waals surface area (Å²) in [6, 6.07) is -0.774. The highest BCUT2D eigenvalue weighted by molar-refractivity contribution is 7.47. The molecule has 0 spiro atoms. The van der Waals surface area contributed by atoms with Crippen molar-refractivity contribution in [3.63, 3.8) is 0 Å². The molecule has 19 heavy (non-hydrogen) atoms. The predicted octanol–water partition coefficient (Wildman–Crippen LogP) is 0.776. The van der Waals surface area contributed by atoms with E-state index in [-0.39, 0.29) is 6.61 Å². The highest BCUT2D eigenvalue weighted by Crippen LogP contribution is 2.48. The van der Waals surface area contributed by atoms with Crippen LogP contribution in [0.4, 0.5) is 4.79 Å². The van der Waals surface area contributed by atoms with Gasteiger partial charge in [0.2, 0.25) is 0 Å². The van der Waals surface area contributed by atoms with Crippen molar-refractivity contribution in [3.8, 4) is 0 Å². The molecule has 0 saturated carbocycles. The van der Waals surface area contributed by atoms with Crippen molar-refractivity contribution in [1.29, 1.82) is 0 Å². The molecule has 4 atom stereocenters. The van der Waals surface area contributed by atoms with Crippen LogP contribution in [0.5, 0.6) is 0 Å². The van der Waals surface area contributed by atoms with E-state index >= 15 is 0 Å². The molecule has 1 aliphatic rings. The third-order valence-electron chi connectivity index (χ3n) is 2.25. The number of aliphatic hydroxyl groups is 1. The quantitative estimate of drug-likeness (QED) is 0.645. The summed E-state index contributed by atoms with van der Waals surface area (Å²) in [6.45, 7) is 6.25. The van der Waals surface area contributed by atoms with E-state index in [0.29, 0.717) is 0 Å². The molecular formula is C10H20NO7P. The molecule has 0 aliphatic carbocycles. The van der Waals surface area contributed by atoms with E-state index in [9.17, 15) is 19.4 Å². The Hall–Kier alpha value is -0.660. The van der Waals surface area contributed by atoms with Gasteiger partial charge in [-0.2, -0.15) is 0 Å². The van der Waals surface area contributed by atoms with Crippen molar-refractivity contribution in [2.24, 2.45) is 0 Å². The van der Waals surface area contributed by atoms with Gasteiger partial charge >= 0.3 is 13.9 Å². The van der Waals surface area contributed by atoms with E-state index in [1.807, 2.05) is 0 Å². The molecule has 1 aliphatic heterocycles. The first-order chi connectivity index (χ1) is 8.50. The SMILES string of the molecule is C[C@@H](O)[C@H]1OP(=O)(O)OC[C@@H]1NC(=O)OC(C)(C)C. The lowest BCUT2D eigenvalue weighted by molar-refractivity contribution is -0.0441. The molecule has 1 rings (SSSR count). The number of phosphoric acid groups is 1. The summed E-state index contributed by atoms with van der Waals surface area (Å²) >= 11 is 0. The molecule has 1 fully saturated rings. The fraction of sp³-hybridized carbons (Fsp3) is 0.900. The number of hydrogen-bond acceptors (Lipinski definition) is 6. The fourth-order valence-corrected chi connectivity index (χ4v) is 2.57. The van der Waals surface area contributed by atoms with Crippen molar-refractivity contribution in [2.75, 3.05) is 6.61 Å². The van der Waals surface area contributed by atoms with Crippen LogP contribution < -0.4 is 5.32 Å². The second-order valence-electron chi connectivity index (χ2n) is 5.33.